The van der Waals surface area contributed by atoms with Gasteiger partial charge in [0.05, 0.1) is 5.60 Å². The molecule has 1 saturated carbocycles. The first-order chi connectivity index (χ1) is 6.11. The largest absolute Gasteiger partial charge is 0.481 e. The van der Waals surface area contributed by atoms with Crippen LogP contribution < -0.4 is 0 Å². The standard InChI is InChI=1S/C9H14O3S/c10-7(11)8(4-5-13-6-8)9(12)2-1-3-9/h12H,1-6H2,(H,10,11). The fourth-order valence-electron chi connectivity index (χ4n) is 2.29. The molecule has 1 aliphatic carbocycles. The van der Waals surface area contributed by atoms with Crippen molar-refractivity contribution in [2.45, 2.75) is 31.3 Å². The summed E-state index contributed by atoms with van der Waals surface area (Å²) in [6.07, 6.45) is 2.93. The van der Waals surface area contributed by atoms with E-state index in [0.717, 1.165) is 12.2 Å². The van der Waals surface area contributed by atoms with Gasteiger partial charge in [0, 0.05) is 5.75 Å². The van der Waals surface area contributed by atoms with E-state index in [1.807, 2.05) is 0 Å². The first-order valence-corrected chi connectivity index (χ1v) is 5.80. The highest BCUT2D eigenvalue weighted by Crippen LogP contribution is 2.53. The zero-order chi connectivity index (χ0) is 9.53. The predicted octanol–water partition coefficient (Wildman–Crippen LogP) is 1.11. The van der Waals surface area contributed by atoms with Gasteiger partial charge in [0.15, 0.2) is 0 Å². The molecule has 1 saturated heterocycles. The van der Waals surface area contributed by atoms with Crippen LogP contribution in [0.2, 0.25) is 0 Å². The fourth-order valence-corrected chi connectivity index (χ4v) is 3.81. The number of carboxylic acids is 1. The fraction of sp³-hybridized carbons (Fsp3) is 0.889. The second kappa shape index (κ2) is 2.89. The van der Waals surface area contributed by atoms with Crippen LogP contribution in [0, 0.1) is 5.41 Å². The van der Waals surface area contributed by atoms with Gasteiger partial charge in [0.1, 0.15) is 5.41 Å². The summed E-state index contributed by atoms with van der Waals surface area (Å²) in [6, 6.07) is 0. The van der Waals surface area contributed by atoms with Crippen molar-refractivity contribution in [3.8, 4) is 0 Å². The van der Waals surface area contributed by atoms with E-state index in [-0.39, 0.29) is 0 Å². The Kier molecular flexibility index (Phi) is 2.07. The molecule has 4 heteroatoms. The van der Waals surface area contributed by atoms with Crippen LogP contribution in [-0.2, 0) is 4.79 Å². The first kappa shape index (κ1) is 9.34. The molecule has 0 radical (unpaired) electrons. The lowest BCUT2D eigenvalue weighted by Gasteiger charge is -2.47. The van der Waals surface area contributed by atoms with Crippen molar-refractivity contribution < 1.29 is 15.0 Å². The number of carboxylic acid groups (broad SMARTS) is 1. The lowest BCUT2D eigenvalue weighted by Crippen LogP contribution is -2.57. The normalized spacial score (nSPS) is 37.0. The number of thioether (sulfide) groups is 1. The molecule has 2 N–H and O–H groups in total. The highest BCUT2D eigenvalue weighted by Gasteiger charge is 2.60. The third kappa shape index (κ3) is 1.12. The van der Waals surface area contributed by atoms with Crippen LogP contribution in [0.3, 0.4) is 0 Å². The molecule has 0 aromatic rings. The van der Waals surface area contributed by atoms with E-state index in [9.17, 15) is 15.0 Å². The van der Waals surface area contributed by atoms with E-state index in [1.165, 1.54) is 0 Å². The number of rotatable bonds is 2. The van der Waals surface area contributed by atoms with Gasteiger partial charge in [-0.25, -0.2) is 0 Å². The molecule has 0 bridgehead atoms. The second-order valence-corrected chi connectivity index (χ2v) is 5.18. The molecule has 2 fully saturated rings. The summed E-state index contributed by atoms with van der Waals surface area (Å²) in [5.74, 6) is 0.646. The molecule has 74 valence electrons. The molecule has 0 amide bonds. The summed E-state index contributed by atoms with van der Waals surface area (Å²) >= 11 is 1.64. The topological polar surface area (TPSA) is 57.5 Å². The Labute approximate surface area is 81.5 Å². The quantitative estimate of drug-likeness (QED) is 0.704. The minimum Gasteiger partial charge on any atom is -0.481 e. The minimum atomic E-state index is -0.900. The average Bonchev–Trinajstić information content (AvgIpc) is 2.49. The van der Waals surface area contributed by atoms with Crippen molar-refractivity contribution in [1.29, 1.82) is 0 Å². The Balaban J connectivity index is 2.27. The summed E-state index contributed by atoms with van der Waals surface area (Å²) < 4.78 is 0. The smallest absolute Gasteiger partial charge is 0.313 e. The third-order valence-electron chi connectivity index (χ3n) is 3.50. The molecular weight excluding hydrogens is 188 g/mol. The van der Waals surface area contributed by atoms with Gasteiger partial charge in [-0.2, -0.15) is 11.8 Å². The zero-order valence-electron chi connectivity index (χ0n) is 7.45. The maximum atomic E-state index is 11.2. The molecule has 1 heterocycles. The summed E-state index contributed by atoms with van der Waals surface area (Å²) in [5, 5.41) is 19.3. The Bertz CT molecular complexity index is 229. The number of hydrogen-bond donors (Lipinski definition) is 2. The monoisotopic (exact) mass is 202 g/mol. The van der Waals surface area contributed by atoms with Crippen LogP contribution in [0.15, 0.2) is 0 Å². The lowest BCUT2D eigenvalue weighted by molar-refractivity contribution is -0.179. The Morgan fingerprint density at radius 3 is 2.31 bits per heavy atom. The van der Waals surface area contributed by atoms with Gasteiger partial charge in [-0.3, -0.25) is 4.79 Å². The molecular formula is C9H14O3S. The molecule has 3 nitrogen and oxygen atoms in total. The molecule has 2 rings (SSSR count). The van der Waals surface area contributed by atoms with E-state index < -0.39 is 17.0 Å². The van der Waals surface area contributed by atoms with E-state index in [2.05, 4.69) is 0 Å². The maximum absolute atomic E-state index is 11.2. The first-order valence-electron chi connectivity index (χ1n) is 4.64. The summed E-state index contributed by atoms with van der Waals surface area (Å²) in [4.78, 5) is 11.2. The third-order valence-corrected chi connectivity index (χ3v) is 4.69. The minimum absolute atomic E-state index is 0.582. The average molecular weight is 202 g/mol. The number of carbonyl (C=O) groups is 1. The van der Waals surface area contributed by atoms with Gasteiger partial charge in [0.25, 0.3) is 0 Å². The molecule has 0 aromatic heterocycles. The second-order valence-electron chi connectivity index (χ2n) is 4.07. The predicted molar refractivity (Wildman–Crippen MR) is 50.8 cm³/mol. The Morgan fingerprint density at radius 2 is 2.00 bits per heavy atom. The highest BCUT2D eigenvalue weighted by molar-refractivity contribution is 7.99. The van der Waals surface area contributed by atoms with Crippen LogP contribution in [0.4, 0.5) is 0 Å². The molecule has 1 aliphatic heterocycles. The molecule has 13 heavy (non-hydrogen) atoms. The van der Waals surface area contributed by atoms with Gasteiger partial charge in [-0.1, -0.05) is 0 Å². The number of aliphatic hydroxyl groups is 1. The van der Waals surface area contributed by atoms with Crippen LogP contribution in [0.25, 0.3) is 0 Å². The van der Waals surface area contributed by atoms with Crippen molar-refractivity contribution in [2.24, 2.45) is 5.41 Å². The SMILES string of the molecule is O=C(O)C1(C2(O)CCC2)CCSC1. The molecule has 0 aromatic carbocycles. The number of aliphatic carboxylic acids is 1. The van der Waals surface area contributed by atoms with Crippen LogP contribution in [-0.4, -0.2) is 33.3 Å². The van der Waals surface area contributed by atoms with Gasteiger partial charge in [-0.15, -0.1) is 0 Å². The molecule has 1 atom stereocenters. The van der Waals surface area contributed by atoms with Crippen LogP contribution in [0.1, 0.15) is 25.7 Å². The van der Waals surface area contributed by atoms with Crippen LogP contribution >= 0.6 is 11.8 Å². The van der Waals surface area contributed by atoms with E-state index in [4.69, 9.17) is 0 Å². The van der Waals surface area contributed by atoms with Gasteiger partial charge >= 0.3 is 5.97 Å². The number of hydrogen-bond acceptors (Lipinski definition) is 3. The summed E-state index contributed by atoms with van der Waals surface area (Å²) in [6.45, 7) is 0. The van der Waals surface area contributed by atoms with E-state index >= 15 is 0 Å². The lowest BCUT2D eigenvalue weighted by atomic mass is 9.61. The Hall–Kier alpha value is -0.220. The maximum Gasteiger partial charge on any atom is 0.313 e. The van der Waals surface area contributed by atoms with Gasteiger partial charge in [-0.05, 0) is 31.4 Å². The van der Waals surface area contributed by atoms with Crippen molar-refractivity contribution in [3.63, 3.8) is 0 Å². The van der Waals surface area contributed by atoms with E-state index in [1.54, 1.807) is 11.8 Å². The molecule has 2 aliphatic rings. The molecule has 1 unspecified atom stereocenters. The van der Waals surface area contributed by atoms with Crippen molar-refractivity contribution in [2.75, 3.05) is 11.5 Å². The van der Waals surface area contributed by atoms with E-state index in [0.29, 0.717) is 25.0 Å². The molecule has 0 spiro atoms. The highest BCUT2D eigenvalue weighted by atomic mass is 32.2. The van der Waals surface area contributed by atoms with Crippen molar-refractivity contribution in [3.05, 3.63) is 0 Å². The zero-order valence-corrected chi connectivity index (χ0v) is 8.27. The van der Waals surface area contributed by atoms with Crippen molar-refractivity contribution >= 4 is 17.7 Å². The van der Waals surface area contributed by atoms with Crippen molar-refractivity contribution in [1.82, 2.24) is 0 Å². The van der Waals surface area contributed by atoms with Gasteiger partial charge in [0.2, 0.25) is 0 Å². The summed E-state index contributed by atoms with van der Waals surface area (Å²) in [5.41, 5.74) is -1.74. The summed E-state index contributed by atoms with van der Waals surface area (Å²) in [7, 11) is 0. The Morgan fingerprint density at radius 1 is 1.31 bits per heavy atom. The van der Waals surface area contributed by atoms with Gasteiger partial charge < -0.3 is 10.2 Å². The van der Waals surface area contributed by atoms with Crippen LogP contribution in [0.5, 0.6) is 0 Å².